The van der Waals surface area contributed by atoms with Crippen LogP contribution >= 0.6 is 11.8 Å². The predicted molar refractivity (Wildman–Crippen MR) is 87.1 cm³/mol. The number of aldehydes is 1. The van der Waals surface area contributed by atoms with Gasteiger partial charge in [0.15, 0.2) is 0 Å². The van der Waals surface area contributed by atoms with E-state index in [2.05, 4.69) is 22.3 Å². The van der Waals surface area contributed by atoms with Gasteiger partial charge in [-0.3, -0.25) is 0 Å². The summed E-state index contributed by atoms with van der Waals surface area (Å²) >= 11 is 1.69. The Balaban J connectivity index is 0.00000122. The van der Waals surface area contributed by atoms with E-state index in [1.807, 2.05) is 19.3 Å². The molecule has 1 aliphatic rings. The summed E-state index contributed by atoms with van der Waals surface area (Å²) in [4.78, 5) is 24.3. The summed E-state index contributed by atoms with van der Waals surface area (Å²) in [5.74, 6) is 0.0965. The second-order valence-electron chi connectivity index (χ2n) is 5.19. The van der Waals surface area contributed by atoms with Gasteiger partial charge in [0.05, 0.1) is 18.0 Å². The highest BCUT2D eigenvalue weighted by Gasteiger charge is 2.19. The lowest BCUT2D eigenvalue weighted by atomic mass is 10.1. The van der Waals surface area contributed by atoms with Gasteiger partial charge in [-0.25, -0.2) is 4.79 Å². The first kappa shape index (κ1) is 19.8. The van der Waals surface area contributed by atoms with Crippen molar-refractivity contribution in [1.29, 1.82) is 0 Å². The molecule has 122 valence electrons. The van der Waals surface area contributed by atoms with Gasteiger partial charge in [-0.05, 0) is 18.2 Å². The zero-order valence-corrected chi connectivity index (χ0v) is 14.5. The number of ether oxygens (including phenoxy) is 1. The highest BCUT2D eigenvalue weighted by atomic mass is 32.2. The molecule has 0 spiro atoms. The van der Waals surface area contributed by atoms with Crippen LogP contribution < -0.4 is 10.6 Å². The van der Waals surface area contributed by atoms with E-state index in [4.69, 9.17) is 0 Å². The number of likely N-dealkylation sites (N-methyl/N-ethyl adjacent to an activating group) is 1. The second-order valence-corrected chi connectivity index (χ2v) is 6.40. The number of hydrogen-bond acceptors (Lipinski definition) is 5. The summed E-state index contributed by atoms with van der Waals surface area (Å²) in [5, 5.41) is 8.35. The van der Waals surface area contributed by atoms with Gasteiger partial charge in [-0.15, -0.1) is 11.8 Å². The highest BCUT2D eigenvalue weighted by molar-refractivity contribution is 8.02. The lowest BCUT2D eigenvalue weighted by Crippen LogP contribution is -2.47. The molecule has 1 rings (SSSR count). The fraction of sp³-hybridized carbons (Fsp3) is 0.714. The molecule has 0 aromatic heterocycles. The van der Waals surface area contributed by atoms with Gasteiger partial charge in [0.2, 0.25) is 0 Å². The van der Waals surface area contributed by atoms with Crippen LogP contribution in [0.5, 0.6) is 0 Å². The van der Waals surface area contributed by atoms with E-state index in [0.29, 0.717) is 11.9 Å². The molecule has 2 amide bonds. The number of thioether (sulfide) groups is 1. The van der Waals surface area contributed by atoms with Crippen LogP contribution in [-0.2, 0) is 9.53 Å². The number of rotatable bonds is 5. The van der Waals surface area contributed by atoms with E-state index in [9.17, 15) is 9.59 Å². The number of carbonyl (C=O) groups excluding carboxylic acids is 2. The Morgan fingerprint density at radius 1 is 1.57 bits per heavy atom. The van der Waals surface area contributed by atoms with Crippen LogP contribution in [0, 0.1) is 5.92 Å². The molecule has 0 aromatic rings. The minimum absolute atomic E-state index is 0.0965. The van der Waals surface area contributed by atoms with Crippen molar-refractivity contribution < 1.29 is 14.3 Å². The first-order valence-electron chi connectivity index (χ1n) is 6.83. The Kier molecular flexibility index (Phi) is 9.90. The van der Waals surface area contributed by atoms with Crippen LogP contribution in [0.3, 0.4) is 0 Å². The van der Waals surface area contributed by atoms with Crippen molar-refractivity contribution in [1.82, 2.24) is 15.5 Å². The Morgan fingerprint density at radius 2 is 2.14 bits per heavy atom. The fourth-order valence-corrected chi connectivity index (χ4v) is 2.26. The van der Waals surface area contributed by atoms with E-state index in [1.54, 1.807) is 37.9 Å². The van der Waals surface area contributed by atoms with Gasteiger partial charge in [0.1, 0.15) is 6.29 Å². The highest BCUT2D eigenvalue weighted by Crippen LogP contribution is 2.20. The van der Waals surface area contributed by atoms with Gasteiger partial charge in [0, 0.05) is 27.0 Å². The summed E-state index contributed by atoms with van der Waals surface area (Å²) in [5.41, 5.74) is 1.03. The first-order chi connectivity index (χ1) is 9.85. The molecule has 0 aromatic carbocycles. The molecule has 7 heteroatoms. The van der Waals surface area contributed by atoms with Crippen molar-refractivity contribution in [2.24, 2.45) is 5.92 Å². The lowest BCUT2D eigenvalue weighted by Gasteiger charge is -2.23. The smallest absolute Gasteiger partial charge is 0.318 e. The monoisotopic (exact) mass is 317 g/mol. The minimum Gasteiger partial charge on any atom is -0.388 e. The molecule has 0 fully saturated rings. The van der Waals surface area contributed by atoms with E-state index < -0.39 is 6.04 Å². The predicted octanol–water partition coefficient (Wildman–Crippen LogP) is 1.64. The minimum atomic E-state index is -0.432. The van der Waals surface area contributed by atoms with Crippen molar-refractivity contribution >= 4 is 24.1 Å². The molecule has 2 N–H and O–H groups in total. The molecule has 1 heterocycles. The number of methoxy groups -OCH3 is 1. The van der Waals surface area contributed by atoms with Gasteiger partial charge in [-0.1, -0.05) is 13.8 Å². The quantitative estimate of drug-likeness (QED) is 0.754. The van der Waals surface area contributed by atoms with Crippen molar-refractivity contribution in [3.63, 3.8) is 0 Å². The molecular formula is C14H27N3O3S. The van der Waals surface area contributed by atoms with E-state index in [0.717, 1.165) is 12.0 Å². The van der Waals surface area contributed by atoms with Gasteiger partial charge in [0.25, 0.3) is 0 Å². The van der Waals surface area contributed by atoms with E-state index in [1.165, 1.54) is 0 Å². The number of amides is 2. The average molecular weight is 317 g/mol. The molecule has 0 saturated heterocycles. The number of carbonyl (C=O) groups is 2. The number of nitrogens with one attached hydrogen (secondary N) is 2. The standard InChI is InChI=1S/C12H21N3O2S.C2H6O/c1-8(2)11(6-16)14-12(17)15(4)5-10-7-18-9(3)13-10;1-3-2/h6-9,11,13H,5H2,1-4H3,(H,14,17);1-2H3. The summed E-state index contributed by atoms with van der Waals surface area (Å²) in [6.07, 6.45) is 0.779. The Morgan fingerprint density at radius 3 is 2.52 bits per heavy atom. The Bertz CT molecular complexity index is 361. The zero-order chi connectivity index (χ0) is 16.4. The Hall–Kier alpha value is -1.21. The normalized spacial score (nSPS) is 18.0. The molecule has 0 radical (unpaired) electrons. The van der Waals surface area contributed by atoms with E-state index in [-0.39, 0.29) is 11.9 Å². The second kappa shape index (κ2) is 10.5. The van der Waals surface area contributed by atoms with Gasteiger partial charge < -0.3 is 25.1 Å². The summed E-state index contributed by atoms with van der Waals surface area (Å²) in [6, 6.07) is -0.660. The summed E-state index contributed by atoms with van der Waals surface area (Å²) in [6.45, 7) is 6.39. The van der Waals surface area contributed by atoms with Crippen LogP contribution in [0.2, 0.25) is 0 Å². The Labute approximate surface area is 131 Å². The van der Waals surface area contributed by atoms with Crippen LogP contribution in [0.25, 0.3) is 0 Å². The molecule has 0 bridgehead atoms. The topological polar surface area (TPSA) is 70.7 Å². The van der Waals surface area contributed by atoms with Crippen LogP contribution in [0.4, 0.5) is 4.79 Å². The molecule has 1 aliphatic heterocycles. The third-order valence-electron chi connectivity index (χ3n) is 2.71. The van der Waals surface area contributed by atoms with Gasteiger partial charge >= 0.3 is 6.03 Å². The van der Waals surface area contributed by atoms with Gasteiger partial charge in [-0.2, -0.15) is 0 Å². The maximum absolute atomic E-state index is 11.9. The fourth-order valence-electron chi connectivity index (χ4n) is 1.53. The number of urea groups is 1. The average Bonchev–Trinajstić information content (AvgIpc) is 2.81. The lowest BCUT2D eigenvalue weighted by molar-refractivity contribution is -0.110. The first-order valence-corrected chi connectivity index (χ1v) is 7.78. The molecule has 21 heavy (non-hydrogen) atoms. The van der Waals surface area contributed by atoms with Crippen molar-refractivity contribution in [2.75, 3.05) is 27.8 Å². The van der Waals surface area contributed by atoms with Crippen molar-refractivity contribution in [3.8, 4) is 0 Å². The van der Waals surface area contributed by atoms with E-state index >= 15 is 0 Å². The zero-order valence-electron chi connectivity index (χ0n) is 13.7. The number of nitrogens with zero attached hydrogens (tertiary/aromatic N) is 1. The number of hydrogen-bond donors (Lipinski definition) is 2. The maximum atomic E-state index is 11.9. The molecule has 2 atom stereocenters. The van der Waals surface area contributed by atoms with Crippen LogP contribution in [0.15, 0.2) is 11.1 Å². The van der Waals surface area contributed by atoms with Crippen LogP contribution in [-0.4, -0.2) is 56.4 Å². The summed E-state index contributed by atoms with van der Waals surface area (Å²) in [7, 11) is 4.97. The third kappa shape index (κ3) is 7.96. The molecular weight excluding hydrogens is 290 g/mol. The van der Waals surface area contributed by atoms with Crippen molar-refractivity contribution in [3.05, 3.63) is 11.1 Å². The molecule has 0 aliphatic carbocycles. The molecule has 6 nitrogen and oxygen atoms in total. The SMILES string of the molecule is CC1NC(CN(C)C(=O)NC(C=O)C(C)C)=CS1.COC. The maximum Gasteiger partial charge on any atom is 0.318 e. The third-order valence-corrected chi connectivity index (χ3v) is 3.66. The molecule has 0 saturated carbocycles. The largest absolute Gasteiger partial charge is 0.388 e. The van der Waals surface area contributed by atoms with Crippen LogP contribution in [0.1, 0.15) is 20.8 Å². The molecule has 2 unspecified atom stereocenters. The summed E-state index contributed by atoms with van der Waals surface area (Å²) < 4.78 is 4.25. The van der Waals surface area contributed by atoms with Crippen molar-refractivity contribution in [2.45, 2.75) is 32.2 Å².